The molecule has 0 radical (unpaired) electrons. The number of hydrogen-bond acceptors (Lipinski definition) is 3. The van der Waals surface area contributed by atoms with Gasteiger partial charge in [0.1, 0.15) is 11.5 Å². The van der Waals surface area contributed by atoms with Crippen molar-refractivity contribution in [3.63, 3.8) is 0 Å². The fourth-order valence-corrected chi connectivity index (χ4v) is 2.97. The maximum Gasteiger partial charge on any atom is 0.128 e. The molecule has 2 aromatic carbocycles. The van der Waals surface area contributed by atoms with E-state index in [1.54, 1.807) is 14.2 Å². The van der Waals surface area contributed by atoms with Crippen LogP contribution in [0.25, 0.3) is 0 Å². The minimum atomic E-state index is -0.569. The van der Waals surface area contributed by atoms with Crippen molar-refractivity contribution in [3.05, 3.63) is 59.7 Å². The molecular weight excluding hydrogens is 264 g/mol. The lowest BCUT2D eigenvalue weighted by Gasteiger charge is -2.25. The quantitative estimate of drug-likeness (QED) is 0.913. The van der Waals surface area contributed by atoms with Crippen LogP contribution in [-0.2, 0) is 5.41 Å². The van der Waals surface area contributed by atoms with Crippen LogP contribution in [-0.4, -0.2) is 19.3 Å². The first-order valence-corrected chi connectivity index (χ1v) is 7.17. The van der Waals surface area contributed by atoms with E-state index in [0.717, 1.165) is 24.2 Å². The third-order valence-corrected chi connectivity index (χ3v) is 4.40. The fourth-order valence-electron chi connectivity index (χ4n) is 2.97. The van der Waals surface area contributed by atoms with Crippen molar-refractivity contribution in [1.29, 1.82) is 0 Å². The predicted molar refractivity (Wildman–Crippen MR) is 81.9 cm³/mol. The van der Waals surface area contributed by atoms with E-state index in [1.807, 2.05) is 36.4 Å². The summed E-state index contributed by atoms with van der Waals surface area (Å²) in [6, 6.07) is 15.8. The Labute approximate surface area is 125 Å². The maximum atomic E-state index is 10.9. The highest BCUT2D eigenvalue weighted by atomic mass is 16.5. The van der Waals surface area contributed by atoms with Crippen molar-refractivity contribution in [2.24, 2.45) is 0 Å². The Morgan fingerprint density at radius 1 is 1.00 bits per heavy atom. The minimum Gasteiger partial charge on any atom is -0.497 e. The summed E-state index contributed by atoms with van der Waals surface area (Å²) in [5.74, 6) is 1.40. The Kier molecular flexibility index (Phi) is 3.60. The van der Waals surface area contributed by atoms with Crippen molar-refractivity contribution in [2.45, 2.75) is 24.4 Å². The Bertz CT molecular complexity index is 618. The molecule has 0 amide bonds. The van der Waals surface area contributed by atoms with Gasteiger partial charge in [-0.25, -0.2) is 0 Å². The number of hydrogen-bond donors (Lipinski definition) is 1. The molecular formula is C18H20O3. The highest BCUT2D eigenvalue weighted by Crippen LogP contribution is 2.57. The second-order valence-corrected chi connectivity index (χ2v) is 5.53. The van der Waals surface area contributed by atoms with E-state index in [1.165, 1.54) is 5.56 Å². The predicted octanol–water partition coefficient (Wildman–Crippen LogP) is 3.47. The Morgan fingerprint density at radius 2 is 1.71 bits per heavy atom. The van der Waals surface area contributed by atoms with E-state index in [4.69, 9.17) is 9.47 Å². The molecule has 0 saturated heterocycles. The SMILES string of the molecule is COc1ccc(C(O)C2(c3ccccc3)CC2)c(OC)c1. The molecule has 0 spiro atoms. The molecule has 0 aliphatic heterocycles. The summed E-state index contributed by atoms with van der Waals surface area (Å²) in [5.41, 5.74) is 1.83. The molecule has 2 aromatic rings. The second kappa shape index (κ2) is 5.41. The number of methoxy groups -OCH3 is 2. The maximum absolute atomic E-state index is 10.9. The van der Waals surface area contributed by atoms with Gasteiger partial charge in [0.2, 0.25) is 0 Å². The molecule has 1 unspecified atom stereocenters. The summed E-state index contributed by atoms with van der Waals surface area (Å²) in [7, 11) is 3.24. The second-order valence-electron chi connectivity index (χ2n) is 5.53. The average molecular weight is 284 g/mol. The van der Waals surface area contributed by atoms with Crippen LogP contribution in [0.3, 0.4) is 0 Å². The van der Waals surface area contributed by atoms with Crippen LogP contribution in [0.5, 0.6) is 11.5 Å². The van der Waals surface area contributed by atoms with Gasteiger partial charge in [0, 0.05) is 17.0 Å². The smallest absolute Gasteiger partial charge is 0.128 e. The highest BCUT2D eigenvalue weighted by Gasteiger charge is 2.51. The van der Waals surface area contributed by atoms with Crippen LogP contribution in [0, 0.1) is 0 Å². The molecule has 1 atom stereocenters. The van der Waals surface area contributed by atoms with Crippen molar-refractivity contribution < 1.29 is 14.6 Å². The van der Waals surface area contributed by atoms with Crippen molar-refractivity contribution >= 4 is 0 Å². The van der Waals surface area contributed by atoms with Crippen LogP contribution < -0.4 is 9.47 Å². The normalized spacial score (nSPS) is 17.1. The van der Waals surface area contributed by atoms with Crippen molar-refractivity contribution in [2.75, 3.05) is 14.2 Å². The molecule has 110 valence electrons. The molecule has 0 aromatic heterocycles. The monoisotopic (exact) mass is 284 g/mol. The van der Waals surface area contributed by atoms with E-state index in [9.17, 15) is 5.11 Å². The molecule has 3 rings (SSSR count). The number of aliphatic hydroxyl groups excluding tert-OH is 1. The number of aliphatic hydroxyl groups is 1. The van der Waals surface area contributed by atoms with Gasteiger partial charge in [-0.2, -0.15) is 0 Å². The Balaban J connectivity index is 1.97. The molecule has 3 heteroatoms. The number of rotatable bonds is 5. The van der Waals surface area contributed by atoms with Crippen LogP contribution in [0.15, 0.2) is 48.5 Å². The first-order valence-electron chi connectivity index (χ1n) is 7.17. The lowest BCUT2D eigenvalue weighted by atomic mass is 9.85. The van der Waals surface area contributed by atoms with Gasteiger partial charge in [0.05, 0.1) is 20.3 Å². The Morgan fingerprint density at radius 3 is 2.29 bits per heavy atom. The van der Waals surface area contributed by atoms with Gasteiger partial charge in [-0.1, -0.05) is 30.3 Å². The third-order valence-electron chi connectivity index (χ3n) is 4.40. The molecule has 1 aliphatic rings. The minimum absolute atomic E-state index is 0.177. The van der Waals surface area contributed by atoms with Crippen LogP contribution in [0.2, 0.25) is 0 Å². The molecule has 1 saturated carbocycles. The van der Waals surface area contributed by atoms with Gasteiger partial charge in [-0.3, -0.25) is 0 Å². The van der Waals surface area contributed by atoms with E-state index in [2.05, 4.69) is 12.1 Å². The zero-order valence-electron chi connectivity index (χ0n) is 12.4. The first kappa shape index (κ1) is 14.0. The summed E-state index contributed by atoms with van der Waals surface area (Å²) >= 11 is 0. The van der Waals surface area contributed by atoms with Crippen LogP contribution in [0.4, 0.5) is 0 Å². The summed E-state index contributed by atoms with van der Waals surface area (Å²) in [5, 5.41) is 10.9. The Hall–Kier alpha value is -2.00. The van der Waals surface area contributed by atoms with Gasteiger partial charge in [-0.05, 0) is 30.5 Å². The molecule has 21 heavy (non-hydrogen) atoms. The lowest BCUT2D eigenvalue weighted by Crippen LogP contribution is -2.19. The average Bonchev–Trinajstić information content (AvgIpc) is 3.36. The number of benzene rings is 2. The van der Waals surface area contributed by atoms with Gasteiger partial charge < -0.3 is 14.6 Å². The van der Waals surface area contributed by atoms with Crippen molar-refractivity contribution in [3.8, 4) is 11.5 Å². The van der Waals surface area contributed by atoms with E-state index >= 15 is 0 Å². The van der Waals surface area contributed by atoms with Gasteiger partial charge in [-0.15, -0.1) is 0 Å². The third kappa shape index (κ3) is 2.38. The molecule has 1 aliphatic carbocycles. The lowest BCUT2D eigenvalue weighted by molar-refractivity contribution is 0.129. The highest BCUT2D eigenvalue weighted by molar-refractivity contribution is 5.46. The van der Waals surface area contributed by atoms with Crippen LogP contribution in [0.1, 0.15) is 30.1 Å². The number of ether oxygens (including phenoxy) is 2. The summed E-state index contributed by atoms with van der Waals surface area (Å²) < 4.78 is 10.6. The molecule has 3 nitrogen and oxygen atoms in total. The topological polar surface area (TPSA) is 38.7 Å². The zero-order valence-corrected chi connectivity index (χ0v) is 12.4. The standard InChI is InChI=1S/C18H20O3/c1-20-14-8-9-15(16(12-14)21-2)17(19)18(10-11-18)13-6-4-3-5-7-13/h3-9,12,17,19H,10-11H2,1-2H3. The van der Waals surface area contributed by atoms with E-state index in [-0.39, 0.29) is 5.41 Å². The summed E-state index contributed by atoms with van der Waals surface area (Å²) in [6.45, 7) is 0. The van der Waals surface area contributed by atoms with Gasteiger partial charge >= 0.3 is 0 Å². The van der Waals surface area contributed by atoms with Gasteiger partial charge in [0.25, 0.3) is 0 Å². The van der Waals surface area contributed by atoms with Crippen LogP contribution >= 0.6 is 0 Å². The zero-order chi connectivity index (χ0) is 14.9. The fraction of sp³-hybridized carbons (Fsp3) is 0.333. The largest absolute Gasteiger partial charge is 0.497 e. The molecule has 1 N–H and O–H groups in total. The van der Waals surface area contributed by atoms with E-state index < -0.39 is 6.10 Å². The molecule has 0 bridgehead atoms. The van der Waals surface area contributed by atoms with Crippen molar-refractivity contribution in [1.82, 2.24) is 0 Å². The molecule has 1 fully saturated rings. The van der Waals surface area contributed by atoms with Gasteiger partial charge in [0.15, 0.2) is 0 Å². The summed E-state index contributed by atoms with van der Waals surface area (Å²) in [4.78, 5) is 0. The summed E-state index contributed by atoms with van der Waals surface area (Å²) in [6.07, 6.45) is 1.42. The van der Waals surface area contributed by atoms with E-state index in [0.29, 0.717) is 5.75 Å². The first-order chi connectivity index (χ1) is 10.2. The molecule has 0 heterocycles.